The Morgan fingerprint density at radius 2 is 1.94 bits per heavy atom. The lowest BCUT2D eigenvalue weighted by molar-refractivity contribution is -0.117. The predicted molar refractivity (Wildman–Crippen MR) is 113 cm³/mol. The number of Topliss-reactive ketones (excluding diaryl/α,β-unsaturated/α-hetero) is 1. The Labute approximate surface area is 182 Å². The van der Waals surface area contributed by atoms with E-state index in [4.69, 9.17) is 4.74 Å². The maximum Gasteiger partial charge on any atom is 0.248 e. The van der Waals surface area contributed by atoms with Crippen LogP contribution in [0.1, 0.15) is 76.3 Å². The van der Waals surface area contributed by atoms with Crippen LogP contribution in [0.4, 0.5) is 17.6 Å². The molecule has 31 heavy (non-hydrogen) atoms. The average molecular weight is 441 g/mol. The smallest absolute Gasteiger partial charge is 0.248 e. The van der Waals surface area contributed by atoms with Gasteiger partial charge in [0.05, 0.1) is 0 Å². The summed E-state index contributed by atoms with van der Waals surface area (Å²) < 4.78 is 61.2. The van der Waals surface area contributed by atoms with Gasteiger partial charge in [0, 0.05) is 19.3 Å². The van der Waals surface area contributed by atoms with Crippen LogP contribution >= 0.6 is 0 Å². The number of rotatable bonds is 9. The van der Waals surface area contributed by atoms with E-state index < -0.39 is 18.3 Å². The Morgan fingerprint density at radius 1 is 1.23 bits per heavy atom. The van der Waals surface area contributed by atoms with Crippen molar-refractivity contribution < 1.29 is 27.1 Å². The molecule has 0 saturated heterocycles. The van der Waals surface area contributed by atoms with Crippen LogP contribution in [0.3, 0.4) is 0 Å². The molecular formula is C25H32F4O2. The molecule has 6 heteroatoms. The largest absolute Gasteiger partial charge is 0.489 e. The van der Waals surface area contributed by atoms with E-state index in [2.05, 4.69) is 0 Å². The number of carbonyl (C=O) groups is 1. The van der Waals surface area contributed by atoms with Crippen LogP contribution < -0.4 is 4.74 Å². The first-order valence-electron chi connectivity index (χ1n) is 11.2. The first-order valence-corrected chi connectivity index (χ1v) is 11.2. The number of hydrogen-bond donors (Lipinski definition) is 0. The van der Waals surface area contributed by atoms with Crippen molar-refractivity contribution in [3.63, 3.8) is 0 Å². The van der Waals surface area contributed by atoms with E-state index in [0.717, 1.165) is 24.8 Å². The highest BCUT2D eigenvalue weighted by atomic mass is 19.3. The molecule has 0 aliphatic heterocycles. The van der Waals surface area contributed by atoms with Gasteiger partial charge in [0.2, 0.25) is 5.92 Å². The number of alkyl halides is 4. The molecule has 172 valence electrons. The van der Waals surface area contributed by atoms with Gasteiger partial charge in [0.15, 0.2) is 5.67 Å². The molecule has 1 unspecified atom stereocenters. The highest BCUT2D eigenvalue weighted by Gasteiger charge is 2.37. The van der Waals surface area contributed by atoms with Gasteiger partial charge in [-0.1, -0.05) is 11.6 Å². The fourth-order valence-corrected chi connectivity index (χ4v) is 4.78. The van der Waals surface area contributed by atoms with Crippen LogP contribution in [0.15, 0.2) is 29.3 Å². The van der Waals surface area contributed by atoms with E-state index in [1.165, 1.54) is 25.5 Å². The van der Waals surface area contributed by atoms with E-state index in [0.29, 0.717) is 37.2 Å². The Morgan fingerprint density at radius 3 is 2.58 bits per heavy atom. The number of ketones is 1. The maximum absolute atomic E-state index is 14.8. The maximum atomic E-state index is 14.8. The van der Waals surface area contributed by atoms with Crippen LogP contribution in [0.5, 0.6) is 5.75 Å². The minimum absolute atomic E-state index is 0.00624. The minimum Gasteiger partial charge on any atom is -0.489 e. The molecule has 1 saturated carbocycles. The van der Waals surface area contributed by atoms with Crippen molar-refractivity contribution in [3.8, 4) is 5.75 Å². The van der Waals surface area contributed by atoms with Crippen LogP contribution in [0.2, 0.25) is 0 Å². The van der Waals surface area contributed by atoms with Gasteiger partial charge in [0.25, 0.3) is 0 Å². The van der Waals surface area contributed by atoms with Gasteiger partial charge >= 0.3 is 0 Å². The van der Waals surface area contributed by atoms with Crippen molar-refractivity contribution in [2.45, 2.75) is 83.2 Å². The fraction of sp³-hybridized carbons (Fsp3) is 0.640. The second-order valence-corrected chi connectivity index (χ2v) is 9.25. The summed E-state index contributed by atoms with van der Waals surface area (Å²) in [6.45, 7) is 1.85. The van der Waals surface area contributed by atoms with Crippen molar-refractivity contribution in [2.75, 3.05) is 13.3 Å². The quantitative estimate of drug-likeness (QED) is 0.304. The van der Waals surface area contributed by atoms with Gasteiger partial charge in [-0.05, 0) is 87.1 Å². The van der Waals surface area contributed by atoms with Gasteiger partial charge < -0.3 is 9.53 Å². The number of halogens is 4. The zero-order chi connectivity index (χ0) is 22.6. The molecule has 0 heterocycles. The number of ether oxygens (including phenoxy) is 1. The summed E-state index contributed by atoms with van der Waals surface area (Å²) in [6, 6.07) is 4.96. The first-order chi connectivity index (χ1) is 14.6. The number of benzene rings is 1. The van der Waals surface area contributed by atoms with Gasteiger partial charge in [-0.2, -0.15) is 0 Å². The molecule has 0 spiro atoms. The summed E-state index contributed by atoms with van der Waals surface area (Å²) >= 11 is 0. The van der Waals surface area contributed by atoms with E-state index in [1.54, 1.807) is 12.1 Å². The Balaban J connectivity index is 1.73. The van der Waals surface area contributed by atoms with Crippen LogP contribution in [-0.4, -0.2) is 25.0 Å². The SMILES string of the molecule is CC(=O)CCc1ccc(OCC2=C(C3CCC(F)(F)CC3)CCC2)cc1C(C)(F)CF. The van der Waals surface area contributed by atoms with Crippen molar-refractivity contribution in [3.05, 3.63) is 40.5 Å². The van der Waals surface area contributed by atoms with Crippen LogP contribution in [-0.2, 0) is 16.9 Å². The Kier molecular flexibility index (Phi) is 7.48. The molecule has 2 nitrogen and oxygen atoms in total. The van der Waals surface area contributed by atoms with Crippen molar-refractivity contribution >= 4 is 5.78 Å². The molecule has 1 aromatic rings. The average Bonchev–Trinajstić information content (AvgIpc) is 3.19. The molecule has 0 radical (unpaired) electrons. The lowest BCUT2D eigenvalue weighted by Gasteiger charge is -2.30. The zero-order valence-corrected chi connectivity index (χ0v) is 18.4. The molecule has 1 atom stereocenters. The Bertz CT molecular complexity index is 819. The van der Waals surface area contributed by atoms with E-state index in [1.807, 2.05) is 0 Å². The molecule has 1 fully saturated rings. The predicted octanol–water partition coefficient (Wildman–Crippen LogP) is 7.05. The first kappa shape index (κ1) is 23.8. The van der Waals surface area contributed by atoms with Gasteiger partial charge in [-0.25, -0.2) is 17.6 Å². The molecule has 0 aromatic heterocycles. The molecule has 0 N–H and O–H groups in total. The molecule has 2 aliphatic carbocycles. The molecule has 2 aliphatic rings. The monoisotopic (exact) mass is 440 g/mol. The molecule has 1 aromatic carbocycles. The summed E-state index contributed by atoms with van der Waals surface area (Å²) in [5, 5.41) is 0. The Hall–Kier alpha value is -1.85. The van der Waals surface area contributed by atoms with E-state index in [9.17, 15) is 22.4 Å². The third kappa shape index (κ3) is 6.11. The van der Waals surface area contributed by atoms with Crippen LogP contribution in [0, 0.1) is 5.92 Å². The summed E-state index contributed by atoms with van der Waals surface area (Å²) in [5.74, 6) is -1.89. The van der Waals surface area contributed by atoms with E-state index in [-0.39, 0.29) is 36.5 Å². The molecule has 3 rings (SSSR count). The summed E-state index contributed by atoms with van der Waals surface area (Å²) in [4.78, 5) is 11.3. The van der Waals surface area contributed by atoms with Crippen molar-refractivity contribution in [1.82, 2.24) is 0 Å². The summed E-state index contributed by atoms with van der Waals surface area (Å²) in [7, 11) is 0. The normalized spacial score (nSPS) is 21.2. The summed E-state index contributed by atoms with van der Waals surface area (Å²) in [5.41, 5.74) is 1.08. The van der Waals surface area contributed by atoms with Crippen molar-refractivity contribution in [1.29, 1.82) is 0 Å². The molecule has 0 amide bonds. The van der Waals surface area contributed by atoms with Gasteiger partial charge in [-0.15, -0.1) is 0 Å². The highest BCUT2D eigenvalue weighted by molar-refractivity contribution is 5.75. The van der Waals surface area contributed by atoms with Gasteiger partial charge in [0.1, 0.15) is 24.8 Å². The third-order valence-electron chi connectivity index (χ3n) is 6.64. The number of aryl methyl sites for hydroxylation is 1. The number of allylic oxidation sites excluding steroid dienone is 1. The second-order valence-electron chi connectivity index (χ2n) is 9.25. The molecule has 0 bridgehead atoms. The molecular weight excluding hydrogens is 408 g/mol. The lowest BCUT2D eigenvalue weighted by Crippen LogP contribution is -2.25. The van der Waals surface area contributed by atoms with Gasteiger partial charge in [-0.3, -0.25) is 0 Å². The third-order valence-corrected chi connectivity index (χ3v) is 6.64. The fourth-order valence-electron chi connectivity index (χ4n) is 4.78. The standard InChI is InChI=1S/C25H32F4O2/c1-17(30)6-7-19-8-9-21(14-23(19)24(2,27)16-26)31-15-20-4-3-5-22(20)18-10-12-25(28,29)13-11-18/h8-9,14,18H,3-7,10-13,15-16H2,1-2H3. The number of hydrogen-bond acceptors (Lipinski definition) is 2. The second kappa shape index (κ2) is 9.74. The minimum atomic E-state index is -2.54. The topological polar surface area (TPSA) is 26.3 Å². The summed E-state index contributed by atoms with van der Waals surface area (Å²) in [6.07, 6.45) is 4.34. The number of carbonyl (C=O) groups excluding carboxylic acids is 1. The van der Waals surface area contributed by atoms with Crippen molar-refractivity contribution in [2.24, 2.45) is 5.92 Å². The van der Waals surface area contributed by atoms with Crippen LogP contribution in [0.25, 0.3) is 0 Å². The highest BCUT2D eigenvalue weighted by Crippen LogP contribution is 2.44. The lowest BCUT2D eigenvalue weighted by atomic mass is 9.80. The van der Waals surface area contributed by atoms with E-state index >= 15 is 0 Å². The zero-order valence-electron chi connectivity index (χ0n) is 18.4.